The van der Waals surface area contributed by atoms with Gasteiger partial charge in [0.15, 0.2) is 17.3 Å². The number of nitrogens with zero attached hydrogens (tertiary/aromatic N) is 6. The van der Waals surface area contributed by atoms with Gasteiger partial charge in [0.1, 0.15) is 16.4 Å². The third-order valence-corrected chi connectivity index (χ3v) is 9.98. The van der Waals surface area contributed by atoms with Gasteiger partial charge in [0, 0.05) is 42.7 Å². The zero-order valence-electron chi connectivity index (χ0n) is 23.2. The van der Waals surface area contributed by atoms with Crippen LogP contribution in [0.1, 0.15) is 16.1 Å². The molecule has 0 aliphatic rings. The van der Waals surface area contributed by atoms with Crippen molar-refractivity contribution in [2.45, 2.75) is 16.4 Å². The van der Waals surface area contributed by atoms with Gasteiger partial charge in [-0.25, -0.2) is 37.5 Å². The highest BCUT2D eigenvalue weighted by Crippen LogP contribution is 2.34. The minimum absolute atomic E-state index is 0.0591. The van der Waals surface area contributed by atoms with Gasteiger partial charge in [-0.2, -0.15) is 8.42 Å². The predicted octanol–water partition coefficient (Wildman–Crippen LogP) is 5.11. The highest BCUT2D eigenvalue weighted by molar-refractivity contribution is 7.93. The minimum Gasteiger partial charge on any atom is -0.470 e. The van der Waals surface area contributed by atoms with E-state index in [0.29, 0.717) is 5.56 Å². The van der Waals surface area contributed by atoms with E-state index in [1.165, 1.54) is 24.5 Å². The molecule has 20 heteroatoms. The van der Waals surface area contributed by atoms with Crippen molar-refractivity contribution in [3.8, 4) is 5.88 Å². The summed E-state index contributed by atoms with van der Waals surface area (Å²) in [6, 6.07) is 10.2. The number of carbonyl (C=O) groups is 1. The first-order chi connectivity index (χ1) is 22.4. The van der Waals surface area contributed by atoms with Crippen LogP contribution in [0.2, 0.25) is 15.1 Å². The molecule has 0 spiro atoms. The quantitative estimate of drug-likeness (QED) is 0.177. The van der Waals surface area contributed by atoms with Crippen LogP contribution in [-0.4, -0.2) is 47.7 Å². The average molecular weight is 741 g/mol. The van der Waals surface area contributed by atoms with Crippen molar-refractivity contribution in [1.29, 1.82) is 0 Å². The fourth-order valence-electron chi connectivity index (χ4n) is 3.71. The van der Waals surface area contributed by atoms with Crippen molar-refractivity contribution in [1.82, 2.24) is 24.9 Å². The molecule has 0 radical (unpaired) electrons. The number of anilines is 2. The summed E-state index contributed by atoms with van der Waals surface area (Å²) in [5.41, 5.74) is -0.268. The van der Waals surface area contributed by atoms with Gasteiger partial charge in [0.25, 0.3) is 25.9 Å². The molecule has 3 heterocycles. The summed E-state index contributed by atoms with van der Waals surface area (Å²) >= 11 is 17.9. The molecule has 2 aromatic carbocycles. The van der Waals surface area contributed by atoms with Gasteiger partial charge < -0.3 is 9.57 Å². The second-order valence-electron chi connectivity index (χ2n) is 8.91. The molecule has 0 atom stereocenters. The van der Waals surface area contributed by atoms with E-state index in [1.54, 1.807) is 12.1 Å². The van der Waals surface area contributed by atoms with Crippen LogP contribution < -0.4 is 13.9 Å². The van der Waals surface area contributed by atoms with Crippen molar-refractivity contribution >= 4 is 72.5 Å². The Kier molecular flexibility index (Phi) is 10.0. The fourth-order valence-corrected chi connectivity index (χ4v) is 7.01. The number of hydrogen-bond donors (Lipinski definition) is 1. The topological polar surface area (TPSA) is 184 Å². The standard InChI is InChI=1S/C27H17Cl3FN7O7S2/c28-17-5-1-7-19(21(17)30)46(40,41)37-24-23(33-10-11-34-24)27(39)45-38(47(42,43)20-8-2-6-18(29)22(20)31)25-26(36-13-12-35-25)44-15-16-4-3-9-32-14-16/h1-14H,15H2,(H,34,37). The summed E-state index contributed by atoms with van der Waals surface area (Å²) in [5, 5.41) is -0.959. The van der Waals surface area contributed by atoms with Gasteiger partial charge in [-0.1, -0.05) is 57.5 Å². The minimum atomic E-state index is -5.20. The van der Waals surface area contributed by atoms with Crippen molar-refractivity contribution in [2.24, 2.45) is 0 Å². The molecule has 242 valence electrons. The van der Waals surface area contributed by atoms with Crippen LogP contribution in [0.3, 0.4) is 0 Å². The van der Waals surface area contributed by atoms with Gasteiger partial charge >= 0.3 is 5.97 Å². The van der Waals surface area contributed by atoms with Gasteiger partial charge in [-0.15, -0.1) is 0 Å². The number of aromatic nitrogens is 5. The summed E-state index contributed by atoms with van der Waals surface area (Å²) in [6.45, 7) is -0.185. The van der Waals surface area contributed by atoms with Crippen molar-refractivity contribution in [3.05, 3.63) is 118 Å². The molecule has 0 fully saturated rings. The lowest BCUT2D eigenvalue weighted by molar-refractivity contribution is 0.0516. The molecular formula is C27H17Cl3FN7O7S2. The zero-order valence-corrected chi connectivity index (χ0v) is 27.1. The number of sulfonamides is 2. The molecule has 0 saturated heterocycles. The number of hydrogen-bond acceptors (Lipinski definition) is 12. The summed E-state index contributed by atoms with van der Waals surface area (Å²) in [5.74, 6) is -4.83. The maximum Gasteiger partial charge on any atom is 0.386 e. The lowest BCUT2D eigenvalue weighted by atomic mass is 10.3. The summed E-state index contributed by atoms with van der Waals surface area (Å²) in [6.07, 6.45) is 7.24. The Labute approximate surface area is 281 Å². The van der Waals surface area contributed by atoms with Crippen molar-refractivity contribution in [2.75, 3.05) is 9.19 Å². The normalized spacial score (nSPS) is 11.5. The van der Waals surface area contributed by atoms with Crippen LogP contribution in [0, 0.1) is 5.82 Å². The Morgan fingerprint density at radius 3 is 2.26 bits per heavy atom. The number of benzene rings is 2. The van der Waals surface area contributed by atoms with E-state index in [9.17, 15) is 21.6 Å². The highest BCUT2D eigenvalue weighted by Gasteiger charge is 2.37. The molecule has 0 saturated carbocycles. The molecule has 47 heavy (non-hydrogen) atoms. The molecule has 0 aliphatic carbocycles. The number of pyridine rings is 1. The maximum absolute atomic E-state index is 15.1. The Morgan fingerprint density at radius 2 is 1.51 bits per heavy atom. The number of halogens is 4. The van der Waals surface area contributed by atoms with Gasteiger partial charge in [0.2, 0.25) is 5.82 Å². The molecule has 1 N–H and O–H groups in total. The number of rotatable bonds is 11. The fraction of sp³-hybridized carbons (Fsp3) is 0.0370. The van der Waals surface area contributed by atoms with E-state index in [-0.39, 0.29) is 21.1 Å². The third kappa shape index (κ3) is 7.34. The number of carbonyl (C=O) groups excluding carboxylic acids is 1. The Balaban J connectivity index is 1.56. The first kappa shape index (κ1) is 33.7. The van der Waals surface area contributed by atoms with Gasteiger partial charge in [-0.05, 0) is 30.3 Å². The van der Waals surface area contributed by atoms with Crippen LogP contribution in [0.15, 0.2) is 95.5 Å². The zero-order chi connectivity index (χ0) is 33.8. The van der Waals surface area contributed by atoms with E-state index in [0.717, 1.165) is 49.1 Å². The molecule has 5 rings (SSSR count). The molecular weight excluding hydrogens is 724 g/mol. The lowest BCUT2D eigenvalue weighted by Crippen LogP contribution is -2.36. The Bertz CT molecular complexity index is 2190. The molecule has 0 aliphatic heterocycles. The highest BCUT2D eigenvalue weighted by atomic mass is 35.5. The van der Waals surface area contributed by atoms with Crippen molar-refractivity contribution in [3.63, 3.8) is 0 Å². The largest absolute Gasteiger partial charge is 0.470 e. The number of ether oxygens (including phenoxy) is 1. The summed E-state index contributed by atoms with van der Waals surface area (Å²) in [4.78, 5) is 36.9. The molecule has 0 amide bonds. The molecule has 0 bridgehead atoms. The number of nitrogens with one attached hydrogen (secondary N) is 1. The van der Waals surface area contributed by atoms with E-state index in [2.05, 4.69) is 29.6 Å². The summed E-state index contributed by atoms with van der Waals surface area (Å²) < 4.78 is 76.9. The van der Waals surface area contributed by atoms with E-state index in [1.807, 2.05) is 0 Å². The van der Waals surface area contributed by atoms with Crippen molar-refractivity contribution < 1.29 is 35.6 Å². The predicted molar refractivity (Wildman–Crippen MR) is 166 cm³/mol. The lowest BCUT2D eigenvalue weighted by Gasteiger charge is -2.23. The van der Waals surface area contributed by atoms with Gasteiger partial charge in [-0.3, -0.25) is 9.71 Å². The second kappa shape index (κ2) is 14.0. The van der Waals surface area contributed by atoms with E-state index >= 15 is 4.39 Å². The summed E-state index contributed by atoms with van der Waals surface area (Å²) in [7, 11) is -9.75. The van der Waals surface area contributed by atoms with Crippen LogP contribution in [0.4, 0.5) is 16.0 Å². The van der Waals surface area contributed by atoms with E-state index < -0.39 is 69.9 Å². The first-order valence-corrected chi connectivity index (χ1v) is 16.8. The first-order valence-electron chi connectivity index (χ1n) is 12.7. The smallest absolute Gasteiger partial charge is 0.386 e. The SMILES string of the molecule is O=C(ON(c1nccnc1OCc1cccnc1)S(=O)(=O)c1cccc(Cl)c1F)c1nccnc1NS(=O)(=O)c1cccc(Cl)c1Cl. The average Bonchev–Trinajstić information content (AvgIpc) is 3.05. The van der Waals surface area contributed by atoms with E-state index in [4.69, 9.17) is 44.4 Å². The molecule has 5 aromatic rings. The monoisotopic (exact) mass is 739 g/mol. The second-order valence-corrected chi connectivity index (χ2v) is 13.5. The molecule has 14 nitrogen and oxygen atoms in total. The third-order valence-electron chi connectivity index (χ3n) is 5.82. The van der Waals surface area contributed by atoms with Crippen LogP contribution in [0.5, 0.6) is 5.88 Å². The van der Waals surface area contributed by atoms with Crippen LogP contribution in [-0.2, 0) is 31.5 Å². The van der Waals surface area contributed by atoms with Crippen LogP contribution in [0.25, 0.3) is 0 Å². The maximum atomic E-state index is 15.1. The molecule has 0 unspecified atom stereocenters. The molecule has 3 aromatic heterocycles. The Hall–Kier alpha value is -4.68. The van der Waals surface area contributed by atoms with Crippen LogP contribution >= 0.6 is 34.8 Å². The Morgan fingerprint density at radius 1 is 0.830 bits per heavy atom. The van der Waals surface area contributed by atoms with Gasteiger partial charge in [0.05, 0.1) is 15.1 Å².